The molecule has 2 aromatic rings. The van der Waals surface area contributed by atoms with Gasteiger partial charge in [0.1, 0.15) is 5.65 Å². The lowest BCUT2D eigenvalue weighted by atomic mass is 10.2. The van der Waals surface area contributed by atoms with E-state index < -0.39 is 17.2 Å². The van der Waals surface area contributed by atoms with Gasteiger partial charge in [-0.1, -0.05) is 0 Å². The van der Waals surface area contributed by atoms with Gasteiger partial charge >= 0.3 is 5.69 Å². The predicted octanol–water partition coefficient (Wildman–Crippen LogP) is -0.686. The molecule has 0 aliphatic carbocycles. The van der Waals surface area contributed by atoms with Crippen molar-refractivity contribution in [1.29, 1.82) is 0 Å². The Bertz CT molecular complexity index is 790. The standard InChI is InChI=1S/C12H14N4O4/c1-4-20-14-10(17)7-5-8-9(13-6-7)15(2)12(19)16(3)11(8)18/h5-6H,4H2,1-3H3,(H,14,17). The van der Waals surface area contributed by atoms with E-state index in [4.69, 9.17) is 4.84 Å². The third-order valence-electron chi connectivity index (χ3n) is 2.86. The van der Waals surface area contributed by atoms with Crippen LogP contribution in [0.5, 0.6) is 0 Å². The summed E-state index contributed by atoms with van der Waals surface area (Å²) < 4.78 is 2.22. The predicted molar refractivity (Wildman–Crippen MR) is 71.3 cm³/mol. The second-order valence-electron chi connectivity index (χ2n) is 4.17. The number of hydrogen-bond acceptors (Lipinski definition) is 5. The van der Waals surface area contributed by atoms with E-state index in [2.05, 4.69) is 10.5 Å². The summed E-state index contributed by atoms with van der Waals surface area (Å²) in [5.74, 6) is -0.503. The Kier molecular flexibility index (Phi) is 3.66. The molecule has 0 aliphatic heterocycles. The lowest BCUT2D eigenvalue weighted by Gasteiger charge is -2.08. The summed E-state index contributed by atoms with van der Waals surface area (Å²) >= 11 is 0. The topological polar surface area (TPSA) is 95.2 Å². The highest BCUT2D eigenvalue weighted by Gasteiger charge is 2.13. The molecule has 0 bridgehead atoms. The Hall–Kier alpha value is -2.48. The maximum atomic E-state index is 12.0. The van der Waals surface area contributed by atoms with Gasteiger partial charge in [0.15, 0.2) is 0 Å². The van der Waals surface area contributed by atoms with E-state index in [9.17, 15) is 14.4 Å². The zero-order valence-electron chi connectivity index (χ0n) is 11.3. The molecule has 0 atom stereocenters. The molecule has 2 rings (SSSR count). The van der Waals surface area contributed by atoms with Gasteiger partial charge in [-0.25, -0.2) is 15.3 Å². The summed E-state index contributed by atoms with van der Waals surface area (Å²) in [5.41, 5.74) is 1.66. The molecular weight excluding hydrogens is 264 g/mol. The second-order valence-corrected chi connectivity index (χ2v) is 4.17. The van der Waals surface area contributed by atoms with Gasteiger partial charge in [-0.3, -0.25) is 23.6 Å². The van der Waals surface area contributed by atoms with Crippen molar-refractivity contribution in [2.45, 2.75) is 6.92 Å². The van der Waals surface area contributed by atoms with Crippen LogP contribution in [0.15, 0.2) is 21.9 Å². The first-order valence-electron chi connectivity index (χ1n) is 5.95. The molecule has 8 heteroatoms. The van der Waals surface area contributed by atoms with Gasteiger partial charge in [0.2, 0.25) is 0 Å². The fourth-order valence-corrected chi connectivity index (χ4v) is 1.79. The number of hydroxylamine groups is 1. The third-order valence-corrected chi connectivity index (χ3v) is 2.86. The monoisotopic (exact) mass is 278 g/mol. The second kappa shape index (κ2) is 5.25. The zero-order chi connectivity index (χ0) is 14.9. The van der Waals surface area contributed by atoms with E-state index in [0.717, 1.165) is 4.57 Å². The molecular formula is C12H14N4O4. The van der Waals surface area contributed by atoms with E-state index in [0.29, 0.717) is 6.61 Å². The van der Waals surface area contributed by atoms with Crippen molar-refractivity contribution in [3.8, 4) is 0 Å². The quantitative estimate of drug-likeness (QED) is 0.750. The Balaban J connectivity index is 2.63. The fourth-order valence-electron chi connectivity index (χ4n) is 1.79. The molecule has 8 nitrogen and oxygen atoms in total. The molecule has 20 heavy (non-hydrogen) atoms. The number of aromatic nitrogens is 3. The lowest BCUT2D eigenvalue weighted by Crippen LogP contribution is -2.37. The Labute approximate surface area is 113 Å². The van der Waals surface area contributed by atoms with Crippen molar-refractivity contribution in [2.24, 2.45) is 14.1 Å². The molecule has 2 aromatic heterocycles. The van der Waals surface area contributed by atoms with Gasteiger partial charge < -0.3 is 0 Å². The first kappa shape index (κ1) is 13.9. The average Bonchev–Trinajstić information content (AvgIpc) is 2.47. The van der Waals surface area contributed by atoms with Crippen LogP contribution in [0, 0.1) is 0 Å². The molecule has 1 N–H and O–H groups in total. The Morgan fingerprint density at radius 2 is 2.05 bits per heavy atom. The van der Waals surface area contributed by atoms with E-state index in [-0.39, 0.29) is 16.6 Å². The van der Waals surface area contributed by atoms with Gasteiger partial charge in [0, 0.05) is 20.3 Å². The fraction of sp³-hybridized carbons (Fsp3) is 0.333. The maximum absolute atomic E-state index is 12.0. The van der Waals surface area contributed by atoms with Crippen LogP contribution in [0.1, 0.15) is 17.3 Å². The van der Waals surface area contributed by atoms with Gasteiger partial charge in [-0.15, -0.1) is 0 Å². The minimum absolute atomic E-state index is 0.182. The van der Waals surface area contributed by atoms with Crippen molar-refractivity contribution in [3.05, 3.63) is 38.7 Å². The highest BCUT2D eigenvalue weighted by atomic mass is 16.6. The van der Waals surface area contributed by atoms with Crippen LogP contribution in [0.3, 0.4) is 0 Å². The summed E-state index contributed by atoms with van der Waals surface area (Å²) in [4.78, 5) is 44.3. The van der Waals surface area contributed by atoms with Gasteiger partial charge in [-0.05, 0) is 13.0 Å². The van der Waals surface area contributed by atoms with Crippen molar-refractivity contribution in [2.75, 3.05) is 6.61 Å². The summed E-state index contributed by atoms with van der Waals surface area (Å²) in [6.07, 6.45) is 1.29. The van der Waals surface area contributed by atoms with Crippen molar-refractivity contribution in [3.63, 3.8) is 0 Å². The van der Waals surface area contributed by atoms with Crippen LogP contribution in [-0.4, -0.2) is 26.6 Å². The number of hydrogen-bond donors (Lipinski definition) is 1. The Morgan fingerprint density at radius 1 is 1.35 bits per heavy atom. The highest BCUT2D eigenvalue weighted by Crippen LogP contribution is 2.07. The van der Waals surface area contributed by atoms with Gasteiger partial charge in [0.05, 0.1) is 17.6 Å². The molecule has 1 amide bonds. The highest BCUT2D eigenvalue weighted by molar-refractivity contribution is 5.96. The Morgan fingerprint density at radius 3 is 2.70 bits per heavy atom. The first-order chi connectivity index (χ1) is 9.47. The number of rotatable bonds is 3. The molecule has 0 saturated heterocycles. The number of carbonyl (C=O) groups is 1. The molecule has 106 valence electrons. The number of pyridine rings is 1. The summed E-state index contributed by atoms with van der Waals surface area (Å²) in [6, 6.07) is 1.39. The molecule has 0 spiro atoms. The van der Waals surface area contributed by atoms with Crippen LogP contribution < -0.4 is 16.7 Å². The van der Waals surface area contributed by atoms with Crippen molar-refractivity contribution >= 4 is 16.9 Å². The largest absolute Gasteiger partial charge is 0.332 e. The molecule has 0 saturated carbocycles. The summed E-state index contributed by atoms with van der Waals surface area (Å²) in [7, 11) is 2.88. The smallest absolute Gasteiger partial charge is 0.280 e. The zero-order valence-corrected chi connectivity index (χ0v) is 11.3. The van der Waals surface area contributed by atoms with Crippen molar-refractivity contribution in [1.82, 2.24) is 19.6 Å². The number of carbonyl (C=O) groups excluding carboxylic acids is 1. The molecule has 0 aromatic carbocycles. The minimum Gasteiger partial charge on any atom is -0.280 e. The van der Waals surface area contributed by atoms with Crippen LogP contribution >= 0.6 is 0 Å². The molecule has 2 heterocycles. The van der Waals surface area contributed by atoms with E-state index in [1.807, 2.05) is 0 Å². The third kappa shape index (κ3) is 2.21. The number of aryl methyl sites for hydroxylation is 1. The van der Waals surface area contributed by atoms with Crippen LogP contribution in [0.4, 0.5) is 0 Å². The van der Waals surface area contributed by atoms with Crippen LogP contribution in [-0.2, 0) is 18.9 Å². The van der Waals surface area contributed by atoms with E-state index in [1.54, 1.807) is 6.92 Å². The average molecular weight is 278 g/mol. The van der Waals surface area contributed by atoms with Gasteiger partial charge in [0.25, 0.3) is 11.5 Å². The van der Waals surface area contributed by atoms with Crippen LogP contribution in [0.25, 0.3) is 11.0 Å². The first-order valence-corrected chi connectivity index (χ1v) is 5.95. The van der Waals surface area contributed by atoms with Crippen molar-refractivity contribution < 1.29 is 9.63 Å². The molecule has 0 unspecified atom stereocenters. The SMILES string of the molecule is CCONC(=O)c1cnc2c(c1)c(=O)n(C)c(=O)n2C. The maximum Gasteiger partial charge on any atom is 0.332 e. The molecule has 0 aliphatic rings. The van der Waals surface area contributed by atoms with E-state index >= 15 is 0 Å². The number of nitrogens with zero attached hydrogens (tertiary/aromatic N) is 3. The lowest BCUT2D eigenvalue weighted by molar-refractivity contribution is 0.0364. The molecule has 0 fully saturated rings. The van der Waals surface area contributed by atoms with Crippen LogP contribution in [0.2, 0.25) is 0 Å². The van der Waals surface area contributed by atoms with E-state index in [1.165, 1.54) is 30.9 Å². The number of nitrogens with one attached hydrogen (secondary N) is 1. The minimum atomic E-state index is -0.503. The van der Waals surface area contributed by atoms with Gasteiger partial charge in [-0.2, -0.15) is 0 Å². The summed E-state index contributed by atoms with van der Waals surface area (Å²) in [6.45, 7) is 2.05. The number of amides is 1. The normalized spacial score (nSPS) is 10.8. The number of fused-ring (bicyclic) bond motifs is 1. The molecule has 0 radical (unpaired) electrons. The summed E-state index contributed by atoms with van der Waals surface area (Å²) in [5, 5.41) is 0.193.